The standard InChI is InChI=1S/C15H12N2O2S2/c1-8-3-4-10(5-11(8)15(18)19)21-14-13-12(16-7-17-14)9(2)6-20-13/h3-7H,1-2H3,(H,18,19). The number of aryl methyl sites for hydroxylation is 2. The molecule has 0 amide bonds. The van der Waals surface area contributed by atoms with E-state index >= 15 is 0 Å². The van der Waals surface area contributed by atoms with Crippen molar-refractivity contribution in [3.05, 3.63) is 46.6 Å². The number of aromatic nitrogens is 2. The van der Waals surface area contributed by atoms with Crippen molar-refractivity contribution in [3.63, 3.8) is 0 Å². The molecule has 0 atom stereocenters. The molecule has 1 N–H and O–H groups in total. The number of carboxylic acid groups (broad SMARTS) is 1. The minimum atomic E-state index is -0.908. The smallest absolute Gasteiger partial charge is 0.335 e. The molecule has 0 saturated heterocycles. The van der Waals surface area contributed by atoms with Crippen molar-refractivity contribution in [1.29, 1.82) is 0 Å². The summed E-state index contributed by atoms with van der Waals surface area (Å²) in [6.07, 6.45) is 1.55. The molecule has 0 radical (unpaired) electrons. The number of fused-ring (bicyclic) bond motifs is 1. The summed E-state index contributed by atoms with van der Waals surface area (Å²) in [4.78, 5) is 20.7. The summed E-state index contributed by atoms with van der Waals surface area (Å²) in [6, 6.07) is 5.43. The van der Waals surface area contributed by atoms with Crippen LogP contribution in [0.25, 0.3) is 10.2 Å². The SMILES string of the molecule is Cc1ccc(Sc2ncnc3c(C)csc23)cc1C(=O)O. The number of rotatable bonds is 3. The molecular weight excluding hydrogens is 304 g/mol. The minimum absolute atomic E-state index is 0.327. The monoisotopic (exact) mass is 316 g/mol. The van der Waals surface area contributed by atoms with Crippen LogP contribution in [-0.4, -0.2) is 21.0 Å². The van der Waals surface area contributed by atoms with E-state index in [2.05, 4.69) is 15.3 Å². The average molecular weight is 316 g/mol. The van der Waals surface area contributed by atoms with Crippen LogP contribution in [0.5, 0.6) is 0 Å². The predicted molar refractivity (Wildman–Crippen MR) is 84.4 cm³/mol. The van der Waals surface area contributed by atoms with Gasteiger partial charge in [0.05, 0.1) is 15.8 Å². The maximum absolute atomic E-state index is 11.2. The Morgan fingerprint density at radius 2 is 2.05 bits per heavy atom. The van der Waals surface area contributed by atoms with Gasteiger partial charge in [-0.2, -0.15) is 0 Å². The van der Waals surface area contributed by atoms with Crippen molar-refractivity contribution in [2.24, 2.45) is 0 Å². The maximum atomic E-state index is 11.2. The second-order valence-electron chi connectivity index (χ2n) is 4.66. The first-order valence-electron chi connectivity index (χ1n) is 6.27. The van der Waals surface area contributed by atoms with E-state index in [0.717, 1.165) is 31.3 Å². The Labute approximate surface area is 129 Å². The predicted octanol–water partition coefficient (Wildman–Crippen LogP) is 4.16. The Hall–Kier alpha value is -1.92. The fraction of sp³-hybridized carbons (Fsp3) is 0.133. The van der Waals surface area contributed by atoms with Crippen LogP contribution in [0, 0.1) is 13.8 Å². The molecule has 0 bridgehead atoms. The van der Waals surface area contributed by atoms with E-state index in [1.807, 2.05) is 19.1 Å². The van der Waals surface area contributed by atoms with Crippen molar-refractivity contribution in [1.82, 2.24) is 9.97 Å². The molecule has 0 aliphatic heterocycles. The van der Waals surface area contributed by atoms with Gasteiger partial charge in [-0.05, 0) is 42.5 Å². The number of carboxylic acids is 1. The Morgan fingerprint density at radius 1 is 1.24 bits per heavy atom. The van der Waals surface area contributed by atoms with Gasteiger partial charge in [0.1, 0.15) is 11.4 Å². The third-order valence-corrected chi connectivity index (χ3v) is 5.37. The zero-order valence-electron chi connectivity index (χ0n) is 11.5. The number of carbonyl (C=O) groups is 1. The van der Waals surface area contributed by atoms with Gasteiger partial charge in [0, 0.05) is 4.90 Å². The van der Waals surface area contributed by atoms with E-state index in [0.29, 0.717) is 5.56 Å². The Kier molecular flexibility index (Phi) is 3.65. The molecule has 0 saturated carbocycles. The number of benzene rings is 1. The van der Waals surface area contributed by atoms with Crippen molar-refractivity contribution >= 4 is 39.3 Å². The summed E-state index contributed by atoms with van der Waals surface area (Å²) in [5.74, 6) is -0.908. The van der Waals surface area contributed by atoms with Crippen LogP contribution in [0.4, 0.5) is 0 Å². The average Bonchev–Trinajstić information content (AvgIpc) is 2.84. The fourth-order valence-electron chi connectivity index (χ4n) is 2.03. The summed E-state index contributed by atoms with van der Waals surface area (Å²) in [5.41, 5.74) is 3.18. The van der Waals surface area contributed by atoms with Gasteiger partial charge in [-0.3, -0.25) is 0 Å². The number of hydrogen-bond acceptors (Lipinski definition) is 5. The Morgan fingerprint density at radius 3 is 2.81 bits per heavy atom. The summed E-state index contributed by atoms with van der Waals surface area (Å²) in [7, 11) is 0. The molecule has 0 spiro atoms. The highest BCUT2D eigenvalue weighted by Crippen LogP contribution is 2.35. The largest absolute Gasteiger partial charge is 0.478 e. The maximum Gasteiger partial charge on any atom is 0.335 e. The van der Waals surface area contributed by atoms with Gasteiger partial charge >= 0.3 is 5.97 Å². The zero-order chi connectivity index (χ0) is 15.0. The molecule has 0 aliphatic rings. The second kappa shape index (κ2) is 5.46. The molecule has 6 heteroatoms. The molecule has 3 aromatic rings. The van der Waals surface area contributed by atoms with Gasteiger partial charge in [-0.1, -0.05) is 17.8 Å². The van der Waals surface area contributed by atoms with Crippen molar-refractivity contribution < 1.29 is 9.90 Å². The minimum Gasteiger partial charge on any atom is -0.478 e. The fourth-order valence-corrected chi connectivity index (χ4v) is 4.01. The van der Waals surface area contributed by atoms with Gasteiger partial charge in [-0.25, -0.2) is 14.8 Å². The van der Waals surface area contributed by atoms with Crippen LogP contribution in [0.15, 0.2) is 39.8 Å². The van der Waals surface area contributed by atoms with E-state index in [9.17, 15) is 9.90 Å². The second-order valence-corrected chi connectivity index (χ2v) is 6.60. The third kappa shape index (κ3) is 2.64. The molecule has 21 heavy (non-hydrogen) atoms. The van der Waals surface area contributed by atoms with E-state index < -0.39 is 5.97 Å². The van der Waals surface area contributed by atoms with Crippen LogP contribution < -0.4 is 0 Å². The van der Waals surface area contributed by atoms with Gasteiger partial charge in [-0.15, -0.1) is 11.3 Å². The summed E-state index contributed by atoms with van der Waals surface area (Å²) in [6.45, 7) is 3.82. The number of thiophene rings is 1. The van der Waals surface area contributed by atoms with Gasteiger partial charge < -0.3 is 5.11 Å². The van der Waals surface area contributed by atoms with E-state index in [1.54, 1.807) is 30.7 Å². The lowest BCUT2D eigenvalue weighted by Crippen LogP contribution is -1.99. The first-order chi connectivity index (χ1) is 10.1. The van der Waals surface area contributed by atoms with Crippen molar-refractivity contribution in [2.75, 3.05) is 0 Å². The zero-order valence-corrected chi connectivity index (χ0v) is 13.1. The van der Waals surface area contributed by atoms with Gasteiger partial charge in [0.15, 0.2) is 0 Å². The highest BCUT2D eigenvalue weighted by Gasteiger charge is 2.12. The Bertz CT molecular complexity index is 843. The third-order valence-electron chi connectivity index (χ3n) is 3.15. The number of hydrogen-bond donors (Lipinski definition) is 1. The van der Waals surface area contributed by atoms with Crippen LogP contribution in [0.3, 0.4) is 0 Å². The lowest BCUT2D eigenvalue weighted by atomic mass is 10.1. The normalized spacial score (nSPS) is 11.0. The molecule has 2 aromatic heterocycles. The van der Waals surface area contributed by atoms with E-state index in [-0.39, 0.29) is 0 Å². The van der Waals surface area contributed by atoms with E-state index in [1.165, 1.54) is 11.8 Å². The van der Waals surface area contributed by atoms with Crippen molar-refractivity contribution in [2.45, 2.75) is 23.8 Å². The van der Waals surface area contributed by atoms with Crippen LogP contribution in [-0.2, 0) is 0 Å². The quantitative estimate of drug-likeness (QED) is 0.735. The lowest BCUT2D eigenvalue weighted by molar-refractivity contribution is 0.0696. The molecule has 0 unspecified atom stereocenters. The first-order valence-corrected chi connectivity index (χ1v) is 7.96. The molecule has 1 aromatic carbocycles. The highest BCUT2D eigenvalue weighted by molar-refractivity contribution is 7.99. The van der Waals surface area contributed by atoms with E-state index in [4.69, 9.17) is 0 Å². The summed E-state index contributed by atoms with van der Waals surface area (Å²) < 4.78 is 1.04. The Balaban J connectivity index is 2.03. The van der Waals surface area contributed by atoms with Gasteiger partial charge in [0.2, 0.25) is 0 Å². The molecule has 3 rings (SSSR count). The van der Waals surface area contributed by atoms with Crippen molar-refractivity contribution in [3.8, 4) is 0 Å². The number of nitrogens with zero attached hydrogens (tertiary/aromatic N) is 2. The molecule has 0 fully saturated rings. The molecule has 106 valence electrons. The van der Waals surface area contributed by atoms with Crippen LogP contribution in [0.1, 0.15) is 21.5 Å². The highest BCUT2D eigenvalue weighted by atomic mass is 32.2. The van der Waals surface area contributed by atoms with Crippen LogP contribution >= 0.6 is 23.1 Å². The first kappa shape index (κ1) is 14.0. The molecule has 2 heterocycles. The lowest BCUT2D eigenvalue weighted by Gasteiger charge is -2.05. The molecule has 4 nitrogen and oxygen atoms in total. The molecule has 0 aliphatic carbocycles. The summed E-state index contributed by atoms with van der Waals surface area (Å²) >= 11 is 3.08. The topological polar surface area (TPSA) is 63.1 Å². The van der Waals surface area contributed by atoms with Crippen LogP contribution in [0.2, 0.25) is 0 Å². The summed E-state index contributed by atoms with van der Waals surface area (Å²) in [5, 5.41) is 12.1. The molecular formula is C15H12N2O2S2. The van der Waals surface area contributed by atoms with Gasteiger partial charge in [0.25, 0.3) is 0 Å². The number of aromatic carboxylic acids is 1.